The molecule has 0 unspecified atom stereocenters. The Kier molecular flexibility index (Phi) is 3.46. The third-order valence-electron chi connectivity index (χ3n) is 2.81. The molecule has 0 aliphatic rings. The van der Waals surface area contributed by atoms with Gasteiger partial charge in [-0.1, -0.05) is 12.2 Å². The van der Waals surface area contributed by atoms with Crippen LogP contribution in [-0.2, 0) is 0 Å². The van der Waals surface area contributed by atoms with E-state index in [-0.39, 0.29) is 5.91 Å². The second-order valence-electron chi connectivity index (χ2n) is 4.38. The highest BCUT2D eigenvalue weighted by molar-refractivity contribution is 6.05. The smallest absolute Gasteiger partial charge is 0.256 e. The molecule has 94 valence electrons. The van der Waals surface area contributed by atoms with E-state index in [1.54, 1.807) is 17.3 Å². The maximum absolute atomic E-state index is 12.4. The molecular formula is C14H17N3O. The van der Waals surface area contributed by atoms with Crippen molar-refractivity contribution in [1.82, 2.24) is 14.9 Å². The number of nitrogens with one attached hydrogen (secondary N) is 1. The van der Waals surface area contributed by atoms with Crippen molar-refractivity contribution in [1.29, 1.82) is 0 Å². The van der Waals surface area contributed by atoms with Crippen molar-refractivity contribution >= 4 is 16.9 Å². The zero-order valence-electron chi connectivity index (χ0n) is 10.7. The standard InChI is InChI=1S/C14H17N3O/c1-4-17(9-10(2)3)14(18)12-8-16-13-11(12)6-5-7-15-13/h5-8H,2,4,9H2,1,3H3,(H,15,16). The molecule has 1 N–H and O–H groups in total. The molecular weight excluding hydrogens is 226 g/mol. The number of hydrogen-bond donors (Lipinski definition) is 1. The minimum Gasteiger partial charge on any atom is -0.345 e. The van der Waals surface area contributed by atoms with Crippen molar-refractivity contribution in [3.8, 4) is 0 Å². The summed E-state index contributed by atoms with van der Waals surface area (Å²) in [6.07, 6.45) is 3.43. The molecule has 0 aliphatic carbocycles. The predicted octanol–water partition coefficient (Wildman–Crippen LogP) is 2.60. The van der Waals surface area contributed by atoms with Gasteiger partial charge in [0.25, 0.3) is 5.91 Å². The lowest BCUT2D eigenvalue weighted by atomic mass is 10.2. The van der Waals surface area contributed by atoms with Crippen LogP contribution in [0.4, 0.5) is 0 Å². The van der Waals surface area contributed by atoms with Crippen molar-refractivity contribution in [3.63, 3.8) is 0 Å². The number of amides is 1. The number of H-pyrrole nitrogens is 1. The van der Waals surface area contributed by atoms with Crippen LogP contribution >= 0.6 is 0 Å². The molecule has 18 heavy (non-hydrogen) atoms. The average molecular weight is 243 g/mol. The van der Waals surface area contributed by atoms with Gasteiger partial charge in [-0.2, -0.15) is 0 Å². The summed E-state index contributed by atoms with van der Waals surface area (Å²) in [5.74, 6) is 0.0137. The first kappa shape index (κ1) is 12.4. The Morgan fingerprint density at radius 2 is 2.33 bits per heavy atom. The van der Waals surface area contributed by atoms with E-state index in [1.807, 2.05) is 26.0 Å². The van der Waals surface area contributed by atoms with E-state index in [2.05, 4.69) is 16.5 Å². The van der Waals surface area contributed by atoms with Gasteiger partial charge in [-0.15, -0.1) is 0 Å². The van der Waals surface area contributed by atoms with Crippen LogP contribution in [0.5, 0.6) is 0 Å². The van der Waals surface area contributed by atoms with Gasteiger partial charge >= 0.3 is 0 Å². The fraction of sp³-hybridized carbons (Fsp3) is 0.286. The Bertz CT molecular complexity index is 585. The van der Waals surface area contributed by atoms with Crippen LogP contribution in [0.1, 0.15) is 24.2 Å². The third kappa shape index (κ3) is 2.27. The van der Waals surface area contributed by atoms with Crippen LogP contribution in [0.15, 0.2) is 36.7 Å². The van der Waals surface area contributed by atoms with Crippen molar-refractivity contribution in [2.75, 3.05) is 13.1 Å². The van der Waals surface area contributed by atoms with Crippen molar-refractivity contribution in [3.05, 3.63) is 42.2 Å². The lowest BCUT2D eigenvalue weighted by molar-refractivity contribution is 0.0780. The van der Waals surface area contributed by atoms with Gasteiger partial charge in [0, 0.05) is 30.9 Å². The highest BCUT2D eigenvalue weighted by atomic mass is 16.2. The topological polar surface area (TPSA) is 49.0 Å². The van der Waals surface area contributed by atoms with E-state index < -0.39 is 0 Å². The van der Waals surface area contributed by atoms with Crippen molar-refractivity contribution < 1.29 is 4.79 Å². The van der Waals surface area contributed by atoms with Crippen molar-refractivity contribution in [2.45, 2.75) is 13.8 Å². The second-order valence-corrected chi connectivity index (χ2v) is 4.38. The first-order valence-electron chi connectivity index (χ1n) is 5.99. The van der Waals surface area contributed by atoms with Crippen LogP contribution in [-0.4, -0.2) is 33.9 Å². The summed E-state index contributed by atoms with van der Waals surface area (Å²) in [5, 5.41) is 0.864. The zero-order valence-corrected chi connectivity index (χ0v) is 10.7. The summed E-state index contributed by atoms with van der Waals surface area (Å²) in [4.78, 5) is 21.4. The quantitative estimate of drug-likeness (QED) is 0.839. The number of fused-ring (bicyclic) bond motifs is 1. The van der Waals surface area contributed by atoms with Gasteiger partial charge in [-0.05, 0) is 26.0 Å². The normalized spacial score (nSPS) is 10.6. The molecule has 2 aromatic heterocycles. The van der Waals surface area contributed by atoms with E-state index in [4.69, 9.17) is 0 Å². The van der Waals surface area contributed by atoms with Crippen LogP contribution in [0.3, 0.4) is 0 Å². The molecule has 4 nitrogen and oxygen atoms in total. The van der Waals surface area contributed by atoms with E-state index in [1.165, 1.54) is 0 Å². The minimum absolute atomic E-state index is 0.0137. The molecule has 0 fully saturated rings. The van der Waals surface area contributed by atoms with Gasteiger partial charge < -0.3 is 9.88 Å². The minimum atomic E-state index is 0.0137. The Morgan fingerprint density at radius 3 is 3.00 bits per heavy atom. The summed E-state index contributed by atoms with van der Waals surface area (Å²) in [5.41, 5.74) is 2.39. The number of carbonyl (C=O) groups excluding carboxylic acids is 1. The molecule has 2 heterocycles. The van der Waals surface area contributed by atoms with E-state index in [9.17, 15) is 4.79 Å². The van der Waals surface area contributed by atoms with E-state index >= 15 is 0 Å². The molecule has 0 saturated heterocycles. The highest BCUT2D eigenvalue weighted by Gasteiger charge is 2.18. The summed E-state index contributed by atoms with van der Waals surface area (Å²) < 4.78 is 0. The molecule has 4 heteroatoms. The predicted molar refractivity (Wildman–Crippen MR) is 72.5 cm³/mol. The lowest BCUT2D eigenvalue weighted by Gasteiger charge is -2.20. The fourth-order valence-electron chi connectivity index (χ4n) is 1.96. The van der Waals surface area contributed by atoms with E-state index in [0.717, 1.165) is 16.6 Å². The number of pyridine rings is 1. The lowest BCUT2D eigenvalue weighted by Crippen LogP contribution is -2.32. The number of nitrogens with zero attached hydrogens (tertiary/aromatic N) is 2. The zero-order chi connectivity index (χ0) is 13.1. The van der Waals surface area contributed by atoms with Gasteiger partial charge in [-0.3, -0.25) is 4.79 Å². The van der Waals surface area contributed by atoms with Gasteiger partial charge in [-0.25, -0.2) is 4.98 Å². The van der Waals surface area contributed by atoms with Gasteiger partial charge in [0.2, 0.25) is 0 Å². The molecule has 2 rings (SSSR count). The Labute approximate surface area is 106 Å². The maximum Gasteiger partial charge on any atom is 0.256 e. The third-order valence-corrected chi connectivity index (χ3v) is 2.81. The summed E-state index contributed by atoms with van der Waals surface area (Å²) in [6, 6.07) is 3.74. The molecule has 0 bridgehead atoms. The molecule has 1 amide bonds. The number of likely N-dealkylation sites (N-methyl/N-ethyl adjacent to an activating group) is 1. The molecule has 0 atom stereocenters. The molecule has 2 aromatic rings. The molecule has 0 radical (unpaired) electrons. The maximum atomic E-state index is 12.4. The number of rotatable bonds is 4. The fourth-order valence-corrected chi connectivity index (χ4v) is 1.96. The molecule has 0 spiro atoms. The Hall–Kier alpha value is -2.10. The number of carbonyl (C=O) groups is 1. The van der Waals surface area contributed by atoms with Gasteiger partial charge in [0.05, 0.1) is 5.56 Å². The molecule has 0 aliphatic heterocycles. The Morgan fingerprint density at radius 1 is 1.56 bits per heavy atom. The summed E-state index contributed by atoms with van der Waals surface area (Å²) in [7, 11) is 0. The number of aromatic nitrogens is 2. The molecule has 0 saturated carbocycles. The first-order valence-corrected chi connectivity index (χ1v) is 5.99. The van der Waals surface area contributed by atoms with Crippen LogP contribution in [0, 0.1) is 0 Å². The number of aromatic amines is 1. The Balaban J connectivity index is 2.35. The first-order chi connectivity index (χ1) is 8.63. The van der Waals surface area contributed by atoms with Gasteiger partial charge in [0.15, 0.2) is 0 Å². The van der Waals surface area contributed by atoms with Crippen LogP contribution in [0.25, 0.3) is 11.0 Å². The SMILES string of the molecule is C=C(C)CN(CC)C(=O)c1c[nH]c2ncccc12. The summed E-state index contributed by atoms with van der Waals surface area (Å²) >= 11 is 0. The van der Waals surface area contributed by atoms with E-state index in [0.29, 0.717) is 18.7 Å². The second kappa shape index (κ2) is 5.04. The largest absolute Gasteiger partial charge is 0.345 e. The average Bonchev–Trinajstić information content (AvgIpc) is 2.78. The van der Waals surface area contributed by atoms with Gasteiger partial charge in [0.1, 0.15) is 5.65 Å². The number of hydrogen-bond acceptors (Lipinski definition) is 2. The van der Waals surface area contributed by atoms with Crippen molar-refractivity contribution in [2.24, 2.45) is 0 Å². The van der Waals surface area contributed by atoms with Crippen LogP contribution < -0.4 is 0 Å². The monoisotopic (exact) mass is 243 g/mol. The molecule has 0 aromatic carbocycles. The van der Waals surface area contributed by atoms with Crippen LogP contribution in [0.2, 0.25) is 0 Å². The highest BCUT2D eigenvalue weighted by Crippen LogP contribution is 2.17. The summed E-state index contributed by atoms with van der Waals surface area (Å²) in [6.45, 7) is 9.00.